The molecule has 2 N–H and O–H groups in total. The van der Waals surface area contributed by atoms with Crippen molar-refractivity contribution >= 4 is 17.5 Å². The van der Waals surface area contributed by atoms with E-state index < -0.39 is 0 Å². The Balaban J connectivity index is 1.61. The van der Waals surface area contributed by atoms with E-state index in [2.05, 4.69) is 20.8 Å². The number of fused-ring (bicyclic) bond motifs is 1. The second kappa shape index (κ2) is 5.28. The van der Waals surface area contributed by atoms with Crippen LogP contribution in [0.15, 0.2) is 24.4 Å². The van der Waals surface area contributed by atoms with Crippen LogP contribution in [0.25, 0.3) is 5.65 Å². The molecule has 1 aliphatic rings. The Kier molecular flexibility index (Phi) is 3.32. The Hall–Kier alpha value is -2.44. The monoisotopic (exact) mass is 273 g/mol. The Labute approximate surface area is 115 Å². The summed E-state index contributed by atoms with van der Waals surface area (Å²) < 4.78 is 1.84. The van der Waals surface area contributed by atoms with Crippen molar-refractivity contribution in [3.8, 4) is 0 Å². The fourth-order valence-electron chi connectivity index (χ4n) is 2.28. The smallest absolute Gasteiger partial charge is 0.225 e. The minimum Gasteiger partial charge on any atom is -0.355 e. The lowest BCUT2D eigenvalue weighted by Gasteiger charge is -2.21. The molecule has 0 bridgehead atoms. The van der Waals surface area contributed by atoms with Crippen LogP contribution >= 0.6 is 0 Å². The van der Waals surface area contributed by atoms with Gasteiger partial charge in [-0.15, -0.1) is 10.2 Å². The predicted octanol–water partition coefficient (Wildman–Crippen LogP) is -0.128. The van der Waals surface area contributed by atoms with Crippen molar-refractivity contribution in [2.45, 2.75) is 19.4 Å². The van der Waals surface area contributed by atoms with Gasteiger partial charge in [0.15, 0.2) is 11.5 Å². The summed E-state index contributed by atoms with van der Waals surface area (Å²) in [5.41, 5.74) is 0.752. The van der Waals surface area contributed by atoms with Gasteiger partial charge in [0.05, 0.1) is 12.5 Å². The quantitative estimate of drug-likeness (QED) is 0.815. The molecular formula is C13H15N5O2. The van der Waals surface area contributed by atoms with Gasteiger partial charge in [-0.05, 0) is 18.6 Å². The topological polar surface area (TPSA) is 88.4 Å². The minimum absolute atomic E-state index is 0.0116. The lowest BCUT2D eigenvalue weighted by atomic mass is 9.98. The van der Waals surface area contributed by atoms with Gasteiger partial charge in [0, 0.05) is 19.2 Å². The van der Waals surface area contributed by atoms with E-state index in [-0.39, 0.29) is 17.7 Å². The maximum atomic E-state index is 12.0. The molecule has 7 nitrogen and oxygen atoms in total. The normalized spacial score (nSPS) is 18.8. The van der Waals surface area contributed by atoms with E-state index in [4.69, 9.17) is 0 Å². The van der Waals surface area contributed by atoms with Crippen molar-refractivity contribution in [1.82, 2.24) is 25.2 Å². The third-order valence-corrected chi connectivity index (χ3v) is 3.44. The van der Waals surface area contributed by atoms with Crippen LogP contribution in [-0.2, 0) is 16.1 Å². The summed E-state index contributed by atoms with van der Waals surface area (Å²) in [6.45, 7) is 0.736. The average Bonchev–Trinajstić information content (AvgIpc) is 2.89. The van der Waals surface area contributed by atoms with E-state index in [9.17, 15) is 9.59 Å². The van der Waals surface area contributed by atoms with Crippen molar-refractivity contribution in [1.29, 1.82) is 0 Å². The molecule has 1 saturated heterocycles. The first-order valence-corrected chi connectivity index (χ1v) is 6.57. The van der Waals surface area contributed by atoms with E-state index in [1.807, 2.05) is 28.8 Å². The van der Waals surface area contributed by atoms with Crippen LogP contribution in [0.4, 0.5) is 0 Å². The highest BCUT2D eigenvalue weighted by atomic mass is 16.2. The zero-order valence-electron chi connectivity index (χ0n) is 10.9. The van der Waals surface area contributed by atoms with E-state index in [0.717, 1.165) is 5.65 Å². The Bertz CT molecular complexity index is 641. The zero-order chi connectivity index (χ0) is 13.9. The summed E-state index contributed by atoms with van der Waals surface area (Å²) in [4.78, 5) is 23.1. The van der Waals surface area contributed by atoms with Crippen molar-refractivity contribution in [2.24, 2.45) is 5.92 Å². The largest absolute Gasteiger partial charge is 0.355 e. The van der Waals surface area contributed by atoms with Crippen molar-refractivity contribution in [2.75, 3.05) is 6.54 Å². The molecule has 7 heteroatoms. The van der Waals surface area contributed by atoms with Gasteiger partial charge in [-0.1, -0.05) is 6.07 Å². The van der Waals surface area contributed by atoms with Gasteiger partial charge >= 0.3 is 0 Å². The van der Waals surface area contributed by atoms with Gasteiger partial charge in [-0.3, -0.25) is 14.0 Å². The van der Waals surface area contributed by atoms with Crippen LogP contribution in [-0.4, -0.2) is 33.0 Å². The molecule has 1 fully saturated rings. The molecule has 1 unspecified atom stereocenters. The summed E-state index contributed by atoms with van der Waals surface area (Å²) in [5, 5.41) is 13.6. The molecule has 0 radical (unpaired) electrons. The standard InChI is InChI=1S/C13H15N5O2/c19-12-5-4-9(7-14-12)13(20)15-8-11-17-16-10-3-1-2-6-18(10)11/h1-3,6,9H,4-5,7-8H2,(H,14,19)(H,15,20). The Morgan fingerprint density at radius 3 is 3.15 bits per heavy atom. The second-order valence-electron chi connectivity index (χ2n) is 4.80. The molecule has 2 amide bonds. The van der Waals surface area contributed by atoms with E-state index in [0.29, 0.717) is 31.8 Å². The molecule has 3 heterocycles. The predicted molar refractivity (Wildman–Crippen MR) is 70.6 cm³/mol. The molecule has 0 aliphatic carbocycles. The lowest BCUT2D eigenvalue weighted by molar-refractivity contribution is -0.129. The number of piperidine rings is 1. The molecule has 0 saturated carbocycles. The van der Waals surface area contributed by atoms with Gasteiger partial charge in [0.25, 0.3) is 0 Å². The van der Waals surface area contributed by atoms with E-state index in [1.54, 1.807) is 0 Å². The van der Waals surface area contributed by atoms with Gasteiger partial charge < -0.3 is 10.6 Å². The summed E-state index contributed by atoms with van der Waals surface area (Å²) >= 11 is 0. The van der Waals surface area contributed by atoms with Crippen LogP contribution in [0.2, 0.25) is 0 Å². The summed E-state index contributed by atoms with van der Waals surface area (Å²) in [6.07, 6.45) is 2.86. The maximum Gasteiger partial charge on any atom is 0.225 e. The van der Waals surface area contributed by atoms with Crippen LogP contribution in [0, 0.1) is 5.92 Å². The highest BCUT2D eigenvalue weighted by molar-refractivity contribution is 5.83. The SMILES string of the molecule is O=C1CCC(C(=O)NCc2nnc3ccccn23)CN1. The van der Waals surface area contributed by atoms with E-state index >= 15 is 0 Å². The first kappa shape index (κ1) is 12.6. The van der Waals surface area contributed by atoms with Gasteiger partial charge in [0.1, 0.15) is 0 Å². The third-order valence-electron chi connectivity index (χ3n) is 3.44. The number of hydrogen-bond donors (Lipinski definition) is 2. The lowest BCUT2D eigenvalue weighted by Crippen LogP contribution is -2.42. The number of rotatable bonds is 3. The number of carbonyl (C=O) groups excluding carboxylic acids is 2. The minimum atomic E-state index is -0.160. The molecule has 20 heavy (non-hydrogen) atoms. The third kappa shape index (κ3) is 2.47. The summed E-state index contributed by atoms with van der Waals surface area (Å²) in [6, 6.07) is 5.63. The molecule has 2 aromatic rings. The molecule has 2 aromatic heterocycles. The highest BCUT2D eigenvalue weighted by Gasteiger charge is 2.24. The fourth-order valence-corrected chi connectivity index (χ4v) is 2.28. The molecule has 1 aliphatic heterocycles. The number of hydrogen-bond acceptors (Lipinski definition) is 4. The Morgan fingerprint density at radius 1 is 1.45 bits per heavy atom. The molecule has 0 aromatic carbocycles. The summed E-state index contributed by atoms with van der Waals surface area (Å²) in [5.74, 6) is 0.482. The van der Waals surface area contributed by atoms with E-state index in [1.165, 1.54) is 0 Å². The highest BCUT2D eigenvalue weighted by Crippen LogP contribution is 2.11. The Morgan fingerprint density at radius 2 is 2.35 bits per heavy atom. The fraction of sp³-hybridized carbons (Fsp3) is 0.385. The molecule has 1 atom stereocenters. The van der Waals surface area contributed by atoms with Crippen LogP contribution in [0.3, 0.4) is 0 Å². The number of aromatic nitrogens is 3. The van der Waals surface area contributed by atoms with Crippen molar-refractivity contribution in [3.05, 3.63) is 30.2 Å². The number of pyridine rings is 1. The number of carbonyl (C=O) groups is 2. The number of nitrogens with one attached hydrogen (secondary N) is 2. The maximum absolute atomic E-state index is 12.0. The first-order valence-electron chi connectivity index (χ1n) is 6.57. The van der Waals surface area contributed by atoms with Crippen LogP contribution < -0.4 is 10.6 Å². The van der Waals surface area contributed by atoms with Crippen molar-refractivity contribution < 1.29 is 9.59 Å². The second-order valence-corrected chi connectivity index (χ2v) is 4.80. The average molecular weight is 273 g/mol. The van der Waals surface area contributed by atoms with Gasteiger partial charge in [-0.2, -0.15) is 0 Å². The molecule has 0 spiro atoms. The first-order chi connectivity index (χ1) is 9.74. The summed E-state index contributed by atoms with van der Waals surface area (Å²) in [7, 11) is 0. The number of amides is 2. The zero-order valence-corrected chi connectivity index (χ0v) is 10.9. The van der Waals surface area contributed by atoms with Gasteiger partial charge in [0.2, 0.25) is 11.8 Å². The van der Waals surface area contributed by atoms with Crippen LogP contribution in [0.5, 0.6) is 0 Å². The number of nitrogens with zero attached hydrogens (tertiary/aromatic N) is 3. The van der Waals surface area contributed by atoms with Crippen LogP contribution in [0.1, 0.15) is 18.7 Å². The molecular weight excluding hydrogens is 258 g/mol. The molecule has 104 valence electrons. The van der Waals surface area contributed by atoms with Crippen molar-refractivity contribution in [3.63, 3.8) is 0 Å². The van der Waals surface area contributed by atoms with Gasteiger partial charge in [-0.25, -0.2) is 0 Å². The molecule has 3 rings (SSSR count).